The van der Waals surface area contributed by atoms with Crippen LogP contribution in [0.2, 0.25) is 0 Å². The number of rotatable bonds is 6. The fraction of sp³-hybridized carbons (Fsp3) is 0.500. The molecular formula is C14H22N2O2S. The summed E-state index contributed by atoms with van der Waals surface area (Å²) in [5, 5.41) is 2.23. The average molecular weight is 282 g/mol. The number of nitrogens with one attached hydrogen (secondary N) is 1. The first-order valence-corrected chi connectivity index (χ1v) is 7.82. The quantitative estimate of drug-likeness (QED) is 0.787. The maximum Gasteiger partial charge on any atom is 0.239 e. The number of hydrogen-bond donors (Lipinski definition) is 2. The van der Waals surface area contributed by atoms with Gasteiger partial charge in [0.25, 0.3) is 0 Å². The van der Waals surface area contributed by atoms with Gasteiger partial charge in [-0.1, -0.05) is 19.9 Å². The van der Waals surface area contributed by atoms with Crippen molar-refractivity contribution < 1.29 is 9.00 Å². The molecule has 19 heavy (non-hydrogen) atoms. The number of benzene rings is 1. The van der Waals surface area contributed by atoms with E-state index < -0.39 is 16.0 Å². The van der Waals surface area contributed by atoms with E-state index in [0.717, 1.165) is 6.42 Å². The lowest BCUT2D eigenvalue weighted by molar-refractivity contribution is -0.115. The van der Waals surface area contributed by atoms with Crippen LogP contribution in [0.1, 0.15) is 27.2 Å². The zero-order valence-electron chi connectivity index (χ0n) is 11.7. The Bertz CT molecular complexity index is 461. The molecule has 106 valence electrons. The van der Waals surface area contributed by atoms with Crippen LogP contribution >= 0.6 is 0 Å². The molecule has 5 heteroatoms. The monoisotopic (exact) mass is 282 g/mol. The molecule has 0 aromatic heterocycles. The van der Waals surface area contributed by atoms with Crippen molar-refractivity contribution in [3.05, 3.63) is 24.3 Å². The minimum Gasteiger partial charge on any atom is -0.399 e. The number of nitrogens with two attached hydrogens (primary N) is 1. The van der Waals surface area contributed by atoms with Gasteiger partial charge < -0.3 is 11.1 Å². The first kappa shape index (κ1) is 15.7. The summed E-state index contributed by atoms with van der Waals surface area (Å²) in [6, 6.07) is 6.96. The predicted octanol–water partition coefficient (Wildman–Crippen LogP) is 2.39. The van der Waals surface area contributed by atoms with Crippen LogP contribution in [-0.4, -0.2) is 21.1 Å². The predicted molar refractivity (Wildman–Crippen MR) is 81.4 cm³/mol. The standard InChI is InChI=1S/C14H22N2O2S/c1-10(2)7-8-19(18)11(3)14(17)16-13-6-4-5-12(15)9-13/h4-6,9-11H,7-8,15H2,1-3H3,(H,16,17). The lowest BCUT2D eigenvalue weighted by Crippen LogP contribution is -2.30. The third-order valence-corrected chi connectivity index (χ3v) is 4.45. The van der Waals surface area contributed by atoms with Gasteiger partial charge >= 0.3 is 0 Å². The summed E-state index contributed by atoms with van der Waals surface area (Å²) in [6.07, 6.45) is 0.864. The van der Waals surface area contributed by atoms with E-state index in [2.05, 4.69) is 19.2 Å². The van der Waals surface area contributed by atoms with Crippen molar-refractivity contribution in [2.24, 2.45) is 5.92 Å². The summed E-state index contributed by atoms with van der Waals surface area (Å²) in [5.41, 5.74) is 6.87. The molecule has 0 saturated carbocycles. The van der Waals surface area contributed by atoms with Gasteiger partial charge in [0.15, 0.2) is 0 Å². The van der Waals surface area contributed by atoms with Crippen LogP contribution in [0.5, 0.6) is 0 Å². The lowest BCUT2D eigenvalue weighted by Gasteiger charge is -2.13. The van der Waals surface area contributed by atoms with Crippen molar-refractivity contribution in [2.75, 3.05) is 16.8 Å². The number of hydrogen-bond acceptors (Lipinski definition) is 3. The van der Waals surface area contributed by atoms with Crippen molar-refractivity contribution in [1.29, 1.82) is 0 Å². The van der Waals surface area contributed by atoms with E-state index in [1.165, 1.54) is 0 Å². The topological polar surface area (TPSA) is 72.2 Å². The molecule has 0 fully saturated rings. The summed E-state index contributed by atoms with van der Waals surface area (Å²) in [5.74, 6) is 0.823. The van der Waals surface area contributed by atoms with Crippen LogP contribution in [-0.2, 0) is 15.6 Å². The smallest absolute Gasteiger partial charge is 0.239 e. The largest absolute Gasteiger partial charge is 0.399 e. The summed E-state index contributed by atoms with van der Waals surface area (Å²) in [7, 11) is -1.14. The minimum absolute atomic E-state index is 0.229. The van der Waals surface area contributed by atoms with E-state index in [1.54, 1.807) is 31.2 Å². The Kier molecular flexibility index (Phi) is 6.02. The number of nitrogen functional groups attached to an aromatic ring is 1. The molecule has 0 aliphatic carbocycles. The lowest BCUT2D eigenvalue weighted by atomic mass is 10.2. The molecule has 2 unspecified atom stereocenters. The van der Waals surface area contributed by atoms with Crippen molar-refractivity contribution >= 4 is 28.1 Å². The van der Waals surface area contributed by atoms with Crippen molar-refractivity contribution in [3.63, 3.8) is 0 Å². The Labute approximate surface area is 117 Å². The number of carbonyl (C=O) groups excluding carboxylic acids is 1. The third-order valence-electron chi connectivity index (χ3n) is 2.81. The first-order chi connectivity index (χ1) is 8.90. The zero-order chi connectivity index (χ0) is 14.4. The van der Waals surface area contributed by atoms with E-state index in [0.29, 0.717) is 23.0 Å². The van der Waals surface area contributed by atoms with E-state index in [1.807, 2.05) is 0 Å². The maximum atomic E-state index is 12.0. The molecule has 1 amide bonds. The van der Waals surface area contributed by atoms with E-state index >= 15 is 0 Å². The van der Waals surface area contributed by atoms with Gasteiger partial charge in [-0.3, -0.25) is 9.00 Å². The molecule has 3 N–H and O–H groups in total. The first-order valence-electron chi connectivity index (χ1n) is 6.43. The Hall–Kier alpha value is -1.36. The molecule has 0 aliphatic heterocycles. The van der Waals surface area contributed by atoms with Crippen LogP contribution in [0.25, 0.3) is 0 Å². The Morgan fingerprint density at radius 2 is 2.05 bits per heavy atom. The second-order valence-electron chi connectivity index (χ2n) is 5.02. The van der Waals surface area contributed by atoms with Crippen molar-refractivity contribution in [2.45, 2.75) is 32.4 Å². The molecule has 1 rings (SSSR count). The summed E-state index contributed by atoms with van der Waals surface area (Å²) >= 11 is 0. The molecule has 0 saturated heterocycles. The fourth-order valence-electron chi connectivity index (χ4n) is 1.51. The van der Waals surface area contributed by atoms with Gasteiger partial charge in [0.05, 0.1) is 0 Å². The number of carbonyl (C=O) groups is 1. The molecule has 1 aromatic rings. The summed E-state index contributed by atoms with van der Waals surface area (Å²) < 4.78 is 12.0. The van der Waals surface area contributed by atoms with Gasteiger partial charge in [-0.15, -0.1) is 0 Å². The van der Waals surface area contributed by atoms with Gasteiger partial charge in [-0.25, -0.2) is 0 Å². The highest BCUT2D eigenvalue weighted by molar-refractivity contribution is 7.86. The SMILES string of the molecule is CC(C)CCS(=O)C(C)C(=O)Nc1cccc(N)c1. The second kappa shape index (κ2) is 7.28. The Morgan fingerprint density at radius 1 is 1.37 bits per heavy atom. The van der Waals surface area contributed by atoms with Crippen molar-refractivity contribution in [1.82, 2.24) is 0 Å². The number of amides is 1. The second-order valence-corrected chi connectivity index (χ2v) is 6.90. The van der Waals surface area contributed by atoms with E-state index in [4.69, 9.17) is 5.73 Å². The van der Waals surface area contributed by atoms with Crippen LogP contribution < -0.4 is 11.1 Å². The van der Waals surface area contributed by atoms with Crippen molar-refractivity contribution in [3.8, 4) is 0 Å². The highest BCUT2D eigenvalue weighted by Gasteiger charge is 2.20. The zero-order valence-corrected chi connectivity index (χ0v) is 12.5. The molecule has 2 atom stereocenters. The van der Waals surface area contributed by atoms with E-state index in [9.17, 15) is 9.00 Å². The molecule has 1 aromatic carbocycles. The van der Waals surface area contributed by atoms with E-state index in [-0.39, 0.29) is 5.91 Å². The molecule has 0 aliphatic rings. The van der Waals surface area contributed by atoms with Crippen LogP contribution in [0.3, 0.4) is 0 Å². The summed E-state index contributed by atoms with van der Waals surface area (Å²) in [6.45, 7) is 5.85. The molecular weight excluding hydrogens is 260 g/mol. The van der Waals surface area contributed by atoms with Crippen LogP contribution in [0, 0.1) is 5.92 Å². The molecule has 0 bridgehead atoms. The molecule has 0 heterocycles. The average Bonchev–Trinajstić information content (AvgIpc) is 2.34. The van der Waals surface area contributed by atoms with Gasteiger partial charge in [-0.05, 0) is 37.5 Å². The highest BCUT2D eigenvalue weighted by atomic mass is 32.2. The maximum absolute atomic E-state index is 12.0. The van der Waals surface area contributed by atoms with Crippen LogP contribution in [0.15, 0.2) is 24.3 Å². The highest BCUT2D eigenvalue weighted by Crippen LogP contribution is 2.13. The molecule has 4 nitrogen and oxygen atoms in total. The molecule has 0 radical (unpaired) electrons. The number of anilines is 2. The van der Waals surface area contributed by atoms with Gasteiger partial charge in [-0.2, -0.15) is 0 Å². The fourth-order valence-corrected chi connectivity index (χ4v) is 2.86. The summed E-state index contributed by atoms with van der Waals surface area (Å²) in [4.78, 5) is 12.0. The van der Waals surface area contributed by atoms with Gasteiger partial charge in [0, 0.05) is 27.9 Å². The third kappa shape index (κ3) is 5.42. The Morgan fingerprint density at radius 3 is 2.63 bits per heavy atom. The minimum atomic E-state index is -1.14. The van der Waals surface area contributed by atoms with Gasteiger partial charge in [0.1, 0.15) is 5.25 Å². The van der Waals surface area contributed by atoms with Gasteiger partial charge in [0.2, 0.25) is 5.91 Å². The molecule has 0 spiro atoms. The van der Waals surface area contributed by atoms with Crippen LogP contribution in [0.4, 0.5) is 11.4 Å². The Balaban J connectivity index is 2.55. The normalized spacial score (nSPS) is 14.1.